The van der Waals surface area contributed by atoms with Gasteiger partial charge >= 0.3 is 23.9 Å². The highest BCUT2D eigenvalue weighted by atomic mass is 32.2. The number of carboxylic acids is 1. The van der Waals surface area contributed by atoms with Crippen molar-refractivity contribution in [3.8, 4) is 67.5 Å². The summed E-state index contributed by atoms with van der Waals surface area (Å²) in [6.07, 6.45) is 23.7. The number of carboxylic acid groups (broad SMARTS) is 1. The van der Waals surface area contributed by atoms with Gasteiger partial charge in [0.1, 0.15) is 23.0 Å². The van der Waals surface area contributed by atoms with Gasteiger partial charge in [0.15, 0.2) is 24.4 Å². The smallest absolute Gasteiger partial charge is 0.341 e. The lowest BCUT2D eigenvalue weighted by molar-refractivity contribution is -0.162. The van der Waals surface area contributed by atoms with Gasteiger partial charge in [0.25, 0.3) is 10.1 Å². The third kappa shape index (κ3) is 19.9. The molecule has 8 aromatic rings. The third-order valence-electron chi connectivity index (χ3n) is 25.5. The molecule has 636 valence electrons. The summed E-state index contributed by atoms with van der Waals surface area (Å²) < 4.78 is 79.7. The third-order valence-corrected chi connectivity index (χ3v) is 26.0. The van der Waals surface area contributed by atoms with Crippen molar-refractivity contribution in [3.05, 3.63) is 210 Å². The highest BCUT2D eigenvalue weighted by Crippen LogP contribution is 2.54. The zero-order chi connectivity index (χ0) is 84.0. The van der Waals surface area contributed by atoms with Gasteiger partial charge in [-0.1, -0.05) is 72.8 Å². The van der Waals surface area contributed by atoms with E-state index < -0.39 is 52.4 Å². The number of hydrogen-bond donors (Lipinski definition) is 3. The number of benzene rings is 8. The van der Waals surface area contributed by atoms with Gasteiger partial charge in [-0.25, -0.2) is 19.2 Å². The Morgan fingerprint density at radius 2 is 0.658 bits per heavy atom. The molecular weight excluding hydrogens is 1540 g/mol. The van der Waals surface area contributed by atoms with Crippen molar-refractivity contribution in [2.45, 2.75) is 255 Å². The van der Waals surface area contributed by atoms with Crippen LogP contribution in [0.15, 0.2) is 121 Å². The van der Waals surface area contributed by atoms with Gasteiger partial charge in [0.2, 0.25) is 0 Å². The van der Waals surface area contributed by atoms with Crippen LogP contribution >= 0.6 is 0 Å². The standard InChI is InChI=1S/C26H30O4.C25H28O4.C23H26O6S.C22H24O4.C4H8O/c1-16-8-12-21(17-9-10-17)24(19-11-13-22-18(15-19)5-4-14-29-22)23(16)25(26(27)28-2)30-20-6-3-7-20;1-15-7-11-20(16-8-9-16)23(18-10-12-21-17(14-18)4-3-13-28-21)22(15)24(25(26)27)29-19-5-2-6-19;1-14-6-10-18(15-7-8-15)21(17-9-11-19-16(13-17)5-4-12-28-19)20(14)22(23(24)27-2)29-30(3,25)26;1-13-5-9-17(14-6-7-14)20(19(13)21(23)22(24)25-2)16-8-10-18-15(12-16)4-3-11-26-18;5-4-2-1-3-4/h8,11-13,15,17,20,25H,3-7,9-10,14H2,1-2H3;7,10-12,14,16,19,24H,2-6,8-9,13H2,1H3,(H,26,27);6,9-11,13,15,22H,4-5,7-8,12H2,1-3H3;5,8-10,12,14,21,23H,3-4,6-7,11H2,1-2H3;4-5H,1-3H2. The van der Waals surface area contributed by atoms with Crippen LogP contribution in [0.5, 0.6) is 23.0 Å². The summed E-state index contributed by atoms with van der Waals surface area (Å²) in [4.78, 5) is 49.9. The van der Waals surface area contributed by atoms with Crippen molar-refractivity contribution in [1.82, 2.24) is 0 Å². The molecule has 19 rings (SSSR count). The van der Waals surface area contributed by atoms with Crippen LogP contribution in [0.25, 0.3) is 44.5 Å². The second-order valence-electron chi connectivity index (χ2n) is 34.5. The number of fused-ring (bicyclic) bond motifs is 4. The van der Waals surface area contributed by atoms with Gasteiger partial charge in [-0.05, 0) is 372 Å². The maximum absolute atomic E-state index is 12.9. The first-order valence-electron chi connectivity index (χ1n) is 43.6. The Hall–Kier alpha value is -9.41. The molecular formula is C100H116O19S. The van der Waals surface area contributed by atoms with Crippen LogP contribution in [0.2, 0.25) is 0 Å². The summed E-state index contributed by atoms with van der Waals surface area (Å²) in [5.74, 6) is 3.19. The molecule has 4 atom stereocenters. The predicted molar refractivity (Wildman–Crippen MR) is 460 cm³/mol. The average Bonchev–Trinajstić information content (AvgIpc) is 1.42. The lowest BCUT2D eigenvalue weighted by Crippen LogP contribution is -2.29. The Labute approximate surface area is 706 Å². The van der Waals surface area contributed by atoms with Crippen molar-refractivity contribution >= 4 is 34.0 Å². The molecule has 20 heteroatoms. The molecule has 19 nitrogen and oxygen atoms in total. The monoisotopic (exact) mass is 1650 g/mol. The van der Waals surface area contributed by atoms with E-state index >= 15 is 0 Å². The highest BCUT2D eigenvalue weighted by molar-refractivity contribution is 7.86. The quantitative estimate of drug-likeness (QED) is 0.0324. The zero-order valence-electron chi connectivity index (χ0n) is 70.7. The maximum Gasteiger partial charge on any atom is 0.341 e. The van der Waals surface area contributed by atoms with Gasteiger partial charge in [0.05, 0.1) is 72.3 Å². The minimum absolute atomic E-state index is 0.0601. The van der Waals surface area contributed by atoms with E-state index in [4.69, 9.17) is 51.9 Å². The molecule has 3 N–H and O–H groups in total. The predicted octanol–water partition coefficient (Wildman–Crippen LogP) is 19.9. The summed E-state index contributed by atoms with van der Waals surface area (Å²) in [6, 6.07) is 41.9. The van der Waals surface area contributed by atoms with Gasteiger partial charge in [-0.15, -0.1) is 0 Å². The number of rotatable bonds is 22. The molecule has 0 aromatic heterocycles. The van der Waals surface area contributed by atoms with Crippen LogP contribution in [0.4, 0.5) is 0 Å². The molecule has 8 aromatic carbocycles. The summed E-state index contributed by atoms with van der Waals surface area (Å²) in [6.45, 7) is 10.9. The number of carbonyl (C=O) groups excluding carboxylic acids is 3. The lowest BCUT2D eigenvalue weighted by Gasteiger charge is -2.32. The molecule has 7 aliphatic carbocycles. The van der Waals surface area contributed by atoms with E-state index in [1.165, 1.54) is 92.4 Å². The fourth-order valence-electron chi connectivity index (χ4n) is 17.7. The minimum atomic E-state index is -3.89. The SMILES string of the molecule is COC(=O)C(O)c1c(C)ccc(C2CC2)c1-c1ccc2c(c1)CCCO2.COC(=O)C(OC1CCC1)c1c(C)ccc(C2CC2)c1-c1ccc2c(c1)CCCO2.COC(=O)C(OS(C)(=O)=O)c1c(C)ccc(C2CC2)c1-c1ccc2c(c1)CCCO2.Cc1ccc(C2CC2)c(-c2ccc3c(c2)CCCO3)c1C(OC1CCC1)C(=O)O.OC1CCC1. The first-order chi connectivity index (χ1) is 58.0. The van der Waals surface area contributed by atoms with E-state index in [0.29, 0.717) is 41.4 Å². The first kappa shape index (κ1) is 85.6. The normalized spacial score (nSPS) is 18.7. The van der Waals surface area contributed by atoms with Gasteiger partial charge in [-0.2, -0.15) is 8.42 Å². The Kier molecular flexibility index (Phi) is 27.0. The molecule has 0 radical (unpaired) electrons. The number of esters is 3. The molecule has 0 amide bonds. The Bertz CT molecular complexity index is 5210. The second kappa shape index (κ2) is 37.9. The number of aliphatic hydroxyl groups is 2. The highest BCUT2D eigenvalue weighted by Gasteiger charge is 2.41. The largest absolute Gasteiger partial charge is 0.493 e. The van der Waals surface area contributed by atoms with Crippen LogP contribution in [0.1, 0.15) is 272 Å². The fraction of sp³-hybridized carbons (Fsp3) is 0.480. The maximum atomic E-state index is 12.9. The van der Waals surface area contributed by atoms with Crippen molar-refractivity contribution in [2.24, 2.45) is 0 Å². The Balaban J connectivity index is 0.000000122. The van der Waals surface area contributed by atoms with E-state index in [1.54, 1.807) is 0 Å². The van der Waals surface area contributed by atoms with Crippen LogP contribution in [-0.2, 0) is 82.8 Å². The molecule has 4 unspecified atom stereocenters. The van der Waals surface area contributed by atoms with E-state index in [2.05, 4.69) is 91.9 Å². The summed E-state index contributed by atoms with van der Waals surface area (Å²) in [5, 5.41) is 29.2. The van der Waals surface area contributed by atoms with Crippen molar-refractivity contribution in [2.75, 3.05) is 54.0 Å². The van der Waals surface area contributed by atoms with Gasteiger partial charge in [0, 0.05) is 22.3 Å². The molecule has 7 saturated carbocycles. The van der Waals surface area contributed by atoms with E-state index in [1.807, 2.05) is 57.2 Å². The number of aryl methyl sites for hydroxylation is 8. The van der Waals surface area contributed by atoms with Crippen LogP contribution < -0.4 is 18.9 Å². The van der Waals surface area contributed by atoms with Crippen molar-refractivity contribution in [3.63, 3.8) is 0 Å². The second-order valence-corrected chi connectivity index (χ2v) is 36.1. The van der Waals surface area contributed by atoms with Gasteiger partial charge < -0.3 is 58.0 Å². The van der Waals surface area contributed by atoms with Crippen molar-refractivity contribution < 1.29 is 89.7 Å². The average molecular weight is 1650 g/mol. The summed E-state index contributed by atoms with van der Waals surface area (Å²) >= 11 is 0. The molecule has 4 aliphatic heterocycles. The lowest BCUT2D eigenvalue weighted by atomic mass is 9.85. The Morgan fingerprint density at radius 3 is 0.933 bits per heavy atom. The number of methoxy groups -OCH3 is 3. The molecule has 11 aliphatic rings. The van der Waals surface area contributed by atoms with Gasteiger partial charge in [-0.3, -0.25) is 4.18 Å². The summed E-state index contributed by atoms with van der Waals surface area (Å²) in [5.41, 5.74) is 24.8. The van der Waals surface area contributed by atoms with E-state index in [9.17, 15) is 37.8 Å². The van der Waals surface area contributed by atoms with E-state index in [-0.39, 0.29) is 24.3 Å². The van der Waals surface area contributed by atoms with Crippen LogP contribution in [-0.4, -0.2) is 120 Å². The molecule has 0 saturated heterocycles. The molecule has 0 bridgehead atoms. The van der Waals surface area contributed by atoms with Crippen LogP contribution in [0.3, 0.4) is 0 Å². The number of ether oxygens (including phenoxy) is 9. The molecule has 7 fully saturated rings. The number of carbonyl (C=O) groups is 4. The number of aliphatic carboxylic acids is 1. The summed E-state index contributed by atoms with van der Waals surface area (Å²) in [7, 11) is 0.0990. The van der Waals surface area contributed by atoms with E-state index in [0.717, 1.165) is 261 Å². The number of hydrogen-bond acceptors (Lipinski definition) is 18. The fourth-order valence-corrected chi connectivity index (χ4v) is 18.2. The zero-order valence-corrected chi connectivity index (χ0v) is 71.5. The molecule has 0 spiro atoms. The first-order valence-corrected chi connectivity index (χ1v) is 45.5. The van der Waals surface area contributed by atoms with Crippen LogP contribution in [0, 0.1) is 27.7 Å². The Morgan fingerprint density at radius 1 is 0.375 bits per heavy atom. The van der Waals surface area contributed by atoms with Crippen molar-refractivity contribution in [1.29, 1.82) is 0 Å². The molecule has 4 heterocycles. The minimum Gasteiger partial charge on any atom is -0.493 e. The molecule has 120 heavy (non-hydrogen) atoms. The topological polar surface area (TPSA) is 255 Å². The number of aliphatic hydroxyl groups excluding tert-OH is 2.